The molecule has 110 valence electrons. The predicted molar refractivity (Wildman–Crippen MR) is 79.3 cm³/mol. The van der Waals surface area contributed by atoms with Crippen molar-refractivity contribution in [3.63, 3.8) is 0 Å². The monoisotopic (exact) mass is 276 g/mol. The summed E-state index contributed by atoms with van der Waals surface area (Å²) in [5.41, 5.74) is 2.31. The van der Waals surface area contributed by atoms with Crippen molar-refractivity contribution in [3.05, 3.63) is 11.3 Å². The molecule has 0 bridgehead atoms. The maximum atomic E-state index is 5.46. The van der Waals surface area contributed by atoms with Gasteiger partial charge in [0.25, 0.3) is 0 Å². The molecule has 1 aliphatic heterocycles. The van der Waals surface area contributed by atoms with E-state index in [1.165, 1.54) is 31.2 Å². The first-order valence-electron chi connectivity index (χ1n) is 7.75. The molecule has 2 aliphatic rings. The van der Waals surface area contributed by atoms with Crippen LogP contribution in [0.4, 0.5) is 5.95 Å². The maximum Gasteiger partial charge on any atom is 0.226 e. The van der Waals surface area contributed by atoms with Crippen molar-refractivity contribution < 1.29 is 4.74 Å². The Balaban J connectivity index is 1.75. The maximum absolute atomic E-state index is 5.46. The van der Waals surface area contributed by atoms with Crippen LogP contribution in [0.15, 0.2) is 0 Å². The highest BCUT2D eigenvalue weighted by Crippen LogP contribution is 2.26. The number of hydrogen-bond donors (Lipinski definition) is 2. The zero-order valence-electron chi connectivity index (χ0n) is 12.2. The number of rotatable bonds is 4. The highest BCUT2D eigenvalue weighted by molar-refractivity contribution is 5.39. The molecule has 5 heteroatoms. The molecule has 2 N–H and O–H groups in total. The molecule has 1 aliphatic carbocycles. The van der Waals surface area contributed by atoms with Crippen LogP contribution in [-0.4, -0.2) is 36.7 Å². The molecular formula is C15H24N4O. The van der Waals surface area contributed by atoms with Crippen LogP contribution in [0.5, 0.6) is 5.88 Å². The van der Waals surface area contributed by atoms with E-state index < -0.39 is 0 Å². The first-order valence-corrected chi connectivity index (χ1v) is 7.75. The van der Waals surface area contributed by atoms with Crippen LogP contribution in [0, 0.1) is 5.92 Å². The minimum Gasteiger partial charge on any atom is -0.481 e. The summed E-state index contributed by atoms with van der Waals surface area (Å²) < 4.78 is 5.46. The molecule has 1 aromatic rings. The van der Waals surface area contributed by atoms with Gasteiger partial charge in [0.15, 0.2) is 0 Å². The van der Waals surface area contributed by atoms with Crippen molar-refractivity contribution in [2.75, 3.05) is 32.1 Å². The fourth-order valence-electron chi connectivity index (χ4n) is 3.21. The number of ether oxygens (including phenoxy) is 1. The molecule has 0 radical (unpaired) electrons. The molecule has 0 spiro atoms. The first-order chi connectivity index (χ1) is 9.86. The Hall–Kier alpha value is -1.36. The van der Waals surface area contributed by atoms with Gasteiger partial charge in [0.1, 0.15) is 0 Å². The van der Waals surface area contributed by atoms with Crippen LogP contribution in [0.3, 0.4) is 0 Å². The largest absolute Gasteiger partial charge is 0.481 e. The van der Waals surface area contributed by atoms with Gasteiger partial charge in [-0.15, -0.1) is 0 Å². The minimum absolute atomic E-state index is 0.731. The lowest BCUT2D eigenvalue weighted by atomic mass is 10.1. The second kappa shape index (κ2) is 6.39. The molecule has 0 aromatic carbocycles. The SMILES string of the molecule is COc1nc(NCC2CCCC2)nc2c1CCNCC2. The summed E-state index contributed by atoms with van der Waals surface area (Å²) in [5, 5.41) is 6.81. The summed E-state index contributed by atoms with van der Waals surface area (Å²) in [6, 6.07) is 0. The number of nitrogens with zero attached hydrogens (tertiary/aromatic N) is 2. The molecule has 1 fully saturated rings. The fraction of sp³-hybridized carbons (Fsp3) is 0.733. The molecular weight excluding hydrogens is 252 g/mol. The summed E-state index contributed by atoms with van der Waals surface area (Å²) in [4.78, 5) is 9.24. The number of nitrogens with one attached hydrogen (secondary N) is 2. The Kier molecular flexibility index (Phi) is 4.35. The Morgan fingerprint density at radius 3 is 2.80 bits per heavy atom. The average molecular weight is 276 g/mol. The van der Waals surface area contributed by atoms with Gasteiger partial charge < -0.3 is 15.4 Å². The Morgan fingerprint density at radius 1 is 1.20 bits per heavy atom. The van der Waals surface area contributed by atoms with Gasteiger partial charge in [0.2, 0.25) is 11.8 Å². The highest BCUT2D eigenvalue weighted by atomic mass is 16.5. The van der Waals surface area contributed by atoms with Gasteiger partial charge >= 0.3 is 0 Å². The van der Waals surface area contributed by atoms with E-state index in [1.54, 1.807) is 7.11 Å². The van der Waals surface area contributed by atoms with Gasteiger partial charge in [-0.1, -0.05) is 12.8 Å². The Labute approximate surface area is 120 Å². The van der Waals surface area contributed by atoms with E-state index in [1.807, 2.05) is 0 Å². The van der Waals surface area contributed by atoms with E-state index in [4.69, 9.17) is 9.72 Å². The first kappa shape index (κ1) is 13.6. The van der Waals surface area contributed by atoms with Crippen LogP contribution in [0.2, 0.25) is 0 Å². The molecule has 0 atom stereocenters. The predicted octanol–water partition coefficient (Wildman–Crippen LogP) is 1.78. The number of methoxy groups -OCH3 is 1. The lowest BCUT2D eigenvalue weighted by Crippen LogP contribution is -2.16. The summed E-state index contributed by atoms with van der Waals surface area (Å²) in [7, 11) is 1.70. The quantitative estimate of drug-likeness (QED) is 0.878. The minimum atomic E-state index is 0.731. The lowest BCUT2D eigenvalue weighted by Gasteiger charge is -2.14. The van der Waals surface area contributed by atoms with E-state index >= 15 is 0 Å². The molecule has 5 nitrogen and oxygen atoms in total. The van der Waals surface area contributed by atoms with Gasteiger partial charge in [-0.25, -0.2) is 4.98 Å². The van der Waals surface area contributed by atoms with Gasteiger partial charge in [0, 0.05) is 25.1 Å². The van der Waals surface area contributed by atoms with Crippen molar-refractivity contribution in [1.29, 1.82) is 0 Å². The second-order valence-electron chi connectivity index (χ2n) is 5.76. The van der Waals surface area contributed by atoms with Crippen LogP contribution in [-0.2, 0) is 12.8 Å². The van der Waals surface area contributed by atoms with E-state index in [2.05, 4.69) is 15.6 Å². The molecule has 1 aromatic heterocycles. The normalized spacial score (nSPS) is 19.4. The van der Waals surface area contributed by atoms with Gasteiger partial charge in [0.05, 0.1) is 12.8 Å². The van der Waals surface area contributed by atoms with Gasteiger partial charge in [-0.05, 0) is 31.7 Å². The van der Waals surface area contributed by atoms with Crippen LogP contribution >= 0.6 is 0 Å². The van der Waals surface area contributed by atoms with Crippen molar-refractivity contribution in [1.82, 2.24) is 15.3 Å². The van der Waals surface area contributed by atoms with Crippen LogP contribution in [0.1, 0.15) is 36.9 Å². The Bertz CT molecular complexity index is 457. The van der Waals surface area contributed by atoms with Crippen molar-refractivity contribution in [2.45, 2.75) is 38.5 Å². The number of fused-ring (bicyclic) bond motifs is 1. The van der Waals surface area contributed by atoms with E-state index in [9.17, 15) is 0 Å². The zero-order chi connectivity index (χ0) is 13.8. The highest BCUT2D eigenvalue weighted by Gasteiger charge is 2.19. The Morgan fingerprint density at radius 2 is 2.00 bits per heavy atom. The van der Waals surface area contributed by atoms with E-state index in [-0.39, 0.29) is 0 Å². The van der Waals surface area contributed by atoms with E-state index in [0.717, 1.165) is 55.9 Å². The van der Waals surface area contributed by atoms with Gasteiger partial charge in [-0.2, -0.15) is 4.98 Å². The molecule has 20 heavy (non-hydrogen) atoms. The number of aromatic nitrogens is 2. The molecule has 1 saturated carbocycles. The summed E-state index contributed by atoms with van der Waals surface area (Å²) in [5.74, 6) is 2.26. The third-order valence-electron chi connectivity index (χ3n) is 4.36. The number of hydrogen-bond acceptors (Lipinski definition) is 5. The van der Waals surface area contributed by atoms with Crippen LogP contribution < -0.4 is 15.4 Å². The van der Waals surface area contributed by atoms with Crippen molar-refractivity contribution in [2.24, 2.45) is 5.92 Å². The molecule has 0 unspecified atom stereocenters. The van der Waals surface area contributed by atoms with Crippen LogP contribution in [0.25, 0.3) is 0 Å². The smallest absolute Gasteiger partial charge is 0.226 e. The second-order valence-corrected chi connectivity index (χ2v) is 5.76. The lowest BCUT2D eigenvalue weighted by molar-refractivity contribution is 0.391. The van der Waals surface area contributed by atoms with E-state index in [0.29, 0.717) is 0 Å². The zero-order valence-corrected chi connectivity index (χ0v) is 12.2. The fourth-order valence-corrected chi connectivity index (χ4v) is 3.21. The standard InChI is InChI=1S/C15H24N4O/c1-20-14-12-6-8-16-9-7-13(12)18-15(19-14)17-10-11-4-2-3-5-11/h11,16H,2-10H2,1H3,(H,17,18,19). The average Bonchev–Trinajstić information content (AvgIpc) is 2.88. The molecule has 3 rings (SSSR count). The number of anilines is 1. The summed E-state index contributed by atoms with van der Waals surface area (Å²) in [6.45, 7) is 2.94. The van der Waals surface area contributed by atoms with Gasteiger partial charge in [-0.3, -0.25) is 0 Å². The molecule has 2 heterocycles. The van der Waals surface area contributed by atoms with Crippen molar-refractivity contribution >= 4 is 5.95 Å². The third kappa shape index (κ3) is 3.03. The third-order valence-corrected chi connectivity index (χ3v) is 4.36. The summed E-state index contributed by atoms with van der Waals surface area (Å²) >= 11 is 0. The topological polar surface area (TPSA) is 59.1 Å². The van der Waals surface area contributed by atoms with Crippen molar-refractivity contribution in [3.8, 4) is 5.88 Å². The molecule has 0 saturated heterocycles. The molecule has 0 amide bonds. The summed E-state index contributed by atoms with van der Waals surface area (Å²) in [6.07, 6.45) is 7.30.